The maximum absolute atomic E-state index is 9.80. The molecule has 3 nitrogen and oxygen atoms in total. The molecule has 1 aromatic heterocycles. The van der Waals surface area contributed by atoms with Crippen LogP contribution < -0.4 is 4.90 Å². The average molecular weight is 282 g/mol. The summed E-state index contributed by atoms with van der Waals surface area (Å²) >= 11 is 0. The highest BCUT2D eigenvalue weighted by Crippen LogP contribution is 2.34. The Balaban J connectivity index is 1.78. The van der Waals surface area contributed by atoms with E-state index in [1.807, 2.05) is 19.2 Å². The normalized spacial score (nSPS) is 22.3. The quantitative estimate of drug-likeness (QED) is 0.940. The number of benzene rings is 1. The summed E-state index contributed by atoms with van der Waals surface area (Å²) in [5.74, 6) is 0.741. The van der Waals surface area contributed by atoms with Crippen LogP contribution in [0.5, 0.6) is 0 Å². The first-order valence-electron chi connectivity index (χ1n) is 7.61. The van der Waals surface area contributed by atoms with Gasteiger partial charge in [0, 0.05) is 43.2 Å². The molecule has 0 saturated carbocycles. The number of pyridine rings is 1. The van der Waals surface area contributed by atoms with Crippen molar-refractivity contribution in [2.45, 2.75) is 19.3 Å². The highest BCUT2D eigenvalue weighted by Gasteiger charge is 2.29. The molecule has 1 aliphatic heterocycles. The summed E-state index contributed by atoms with van der Waals surface area (Å²) in [7, 11) is 0. The first kappa shape index (κ1) is 14.1. The summed E-state index contributed by atoms with van der Waals surface area (Å²) in [6.45, 7) is 4.18. The number of aliphatic hydroxyl groups excluding tert-OH is 1. The van der Waals surface area contributed by atoms with Crippen LogP contribution in [0.1, 0.15) is 23.6 Å². The predicted molar refractivity (Wildman–Crippen MR) is 85.6 cm³/mol. The molecule has 3 rings (SSSR count). The Morgan fingerprint density at radius 1 is 1.24 bits per heavy atom. The Labute approximate surface area is 126 Å². The van der Waals surface area contributed by atoms with Crippen molar-refractivity contribution in [3.05, 3.63) is 59.9 Å². The lowest BCUT2D eigenvalue weighted by Gasteiger charge is -2.39. The number of hydrogen-bond donors (Lipinski definition) is 1. The second kappa shape index (κ2) is 6.27. The molecule has 3 heteroatoms. The van der Waals surface area contributed by atoms with E-state index >= 15 is 0 Å². The number of hydrogen-bond acceptors (Lipinski definition) is 3. The third-order valence-electron chi connectivity index (χ3n) is 4.44. The fraction of sp³-hybridized carbons (Fsp3) is 0.389. The number of nitrogens with zero attached hydrogens (tertiary/aromatic N) is 2. The van der Waals surface area contributed by atoms with Crippen LogP contribution >= 0.6 is 0 Å². The van der Waals surface area contributed by atoms with Gasteiger partial charge in [0.2, 0.25) is 0 Å². The lowest BCUT2D eigenvalue weighted by Crippen LogP contribution is -2.41. The molecule has 1 aliphatic rings. The van der Waals surface area contributed by atoms with Crippen LogP contribution in [-0.4, -0.2) is 29.8 Å². The fourth-order valence-electron chi connectivity index (χ4n) is 3.32. The van der Waals surface area contributed by atoms with Crippen LogP contribution in [0.15, 0.2) is 48.7 Å². The zero-order chi connectivity index (χ0) is 14.7. The number of aryl methyl sites for hydroxylation is 1. The van der Waals surface area contributed by atoms with Crippen molar-refractivity contribution < 1.29 is 5.11 Å². The highest BCUT2D eigenvalue weighted by molar-refractivity contribution is 5.47. The number of aromatic nitrogens is 1. The van der Waals surface area contributed by atoms with Gasteiger partial charge < -0.3 is 10.0 Å². The second-order valence-electron chi connectivity index (χ2n) is 5.85. The Bertz CT molecular complexity index is 585. The maximum atomic E-state index is 9.80. The molecule has 21 heavy (non-hydrogen) atoms. The van der Waals surface area contributed by atoms with E-state index in [9.17, 15) is 5.11 Å². The standard InChI is InChI=1S/C18H22N2O/c1-14-11-17(7-9-19-14)20-10-8-18(16(12-20)13-21)15-5-3-2-4-6-15/h2-7,9,11,16,18,21H,8,10,12-13H2,1H3/t16-,18+/m1/s1. The van der Waals surface area contributed by atoms with Crippen molar-refractivity contribution in [2.24, 2.45) is 5.92 Å². The van der Waals surface area contributed by atoms with Gasteiger partial charge in [-0.2, -0.15) is 0 Å². The van der Waals surface area contributed by atoms with Crippen LogP contribution in [0, 0.1) is 12.8 Å². The van der Waals surface area contributed by atoms with E-state index in [1.54, 1.807) is 0 Å². The van der Waals surface area contributed by atoms with Crippen LogP contribution in [-0.2, 0) is 0 Å². The zero-order valence-corrected chi connectivity index (χ0v) is 12.4. The SMILES string of the molecule is Cc1cc(N2CC[C@@H](c3ccccc3)[C@@H](CO)C2)ccn1. The molecule has 0 bridgehead atoms. The van der Waals surface area contributed by atoms with Crippen LogP contribution in [0.25, 0.3) is 0 Å². The fourth-order valence-corrected chi connectivity index (χ4v) is 3.32. The summed E-state index contributed by atoms with van der Waals surface area (Å²) < 4.78 is 0. The molecule has 0 radical (unpaired) electrons. The minimum absolute atomic E-state index is 0.236. The molecule has 0 unspecified atom stereocenters. The number of aliphatic hydroxyl groups is 1. The summed E-state index contributed by atoms with van der Waals surface area (Å²) in [6.07, 6.45) is 2.94. The minimum atomic E-state index is 0.236. The topological polar surface area (TPSA) is 36.4 Å². The van der Waals surface area contributed by atoms with E-state index in [0.717, 1.165) is 25.2 Å². The van der Waals surface area contributed by atoms with Gasteiger partial charge in [0.15, 0.2) is 0 Å². The Hall–Kier alpha value is -1.87. The van der Waals surface area contributed by atoms with E-state index in [4.69, 9.17) is 0 Å². The first-order chi connectivity index (χ1) is 10.3. The van der Waals surface area contributed by atoms with Crippen molar-refractivity contribution in [1.29, 1.82) is 0 Å². The van der Waals surface area contributed by atoms with Gasteiger partial charge in [-0.3, -0.25) is 4.98 Å². The van der Waals surface area contributed by atoms with Crippen molar-refractivity contribution >= 4 is 5.69 Å². The van der Waals surface area contributed by atoms with Gasteiger partial charge in [-0.15, -0.1) is 0 Å². The smallest absolute Gasteiger partial charge is 0.0482 e. The van der Waals surface area contributed by atoms with Crippen molar-refractivity contribution in [3.8, 4) is 0 Å². The molecule has 0 spiro atoms. The average Bonchev–Trinajstić information content (AvgIpc) is 2.55. The van der Waals surface area contributed by atoms with Gasteiger partial charge in [0.05, 0.1) is 0 Å². The van der Waals surface area contributed by atoms with Gasteiger partial charge in [-0.1, -0.05) is 30.3 Å². The molecule has 2 atom stereocenters. The maximum Gasteiger partial charge on any atom is 0.0482 e. The zero-order valence-electron chi connectivity index (χ0n) is 12.4. The Morgan fingerprint density at radius 2 is 2.05 bits per heavy atom. The first-order valence-corrected chi connectivity index (χ1v) is 7.61. The van der Waals surface area contributed by atoms with Gasteiger partial charge in [-0.25, -0.2) is 0 Å². The summed E-state index contributed by atoms with van der Waals surface area (Å²) in [5, 5.41) is 9.80. The predicted octanol–water partition coefficient (Wildman–Crippen LogP) is 2.99. The Morgan fingerprint density at radius 3 is 2.76 bits per heavy atom. The minimum Gasteiger partial charge on any atom is -0.396 e. The molecule has 1 saturated heterocycles. The molecule has 1 N–H and O–H groups in total. The largest absolute Gasteiger partial charge is 0.396 e. The summed E-state index contributed by atoms with van der Waals surface area (Å²) in [6, 6.07) is 14.8. The van der Waals surface area contributed by atoms with Crippen molar-refractivity contribution in [2.75, 3.05) is 24.6 Å². The number of rotatable bonds is 3. The second-order valence-corrected chi connectivity index (χ2v) is 5.85. The molecular formula is C18H22N2O. The van der Waals surface area contributed by atoms with Gasteiger partial charge >= 0.3 is 0 Å². The van der Waals surface area contributed by atoms with E-state index < -0.39 is 0 Å². The van der Waals surface area contributed by atoms with Gasteiger partial charge in [0.25, 0.3) is 0 Å². The van der Waals surface area contributed by atoms with E-state index in [-0.39, 0.29) is 12.5 Å². The van der Waals surface area contributed by atoms with Gasteiger partial charge in [-0.05, 0) is 37.0 Å². The third kappa shape index (κ3) is 3.08. The number of anilines is 1. The van der Waals surface area contributed by atoms with Crippen LogP contribution in [0.3, 0.4) is 0 Å². The van der Waals surface area contributed by atoms with Crippen molar-refractivity contribution in [3.63, 3.8) is 0 Å². The lowest BCUT2D eigenvalue weighted by molar-refractivity contribution is 0.189. The van der Waals surface area contributed by atoms with Crippen molar-refractivity contribution in [1.82, 2.24) is 4.98 Å². The van der Waals surface area contributed by atoms with E-state index in [2.05, 4.69) is 46.3 Å². The molecule has 1 fully saturated rings. The third-order valence-corrected chi connectivity index (χ3v) is 4.44. The molecule has 2 heterocycles. The lowest BCUT2D eigenvalue weighted by atomic mass is 9.81. The summed E-state index contributed by atoms with van der Waals surface area (Å²) in [5.41, 5.74) is 3.60. The monoisotopic (exact) mass is 282 g/mol. The van der Waals surface area contributed by atoms with E-state index in [1.165, 1.54) is 11.3 Å². The highest BCUT2D eigenvalue weighted by atomic mass is 16.3. The molecule has 2 aromatic rings. The van der Waals surface area contributed by atoms with Crippen LogP contribution in [0.2, 0.25) is 0 Å². The molecule has 1 aromatic carbocycles. The van der Waals surface area contributed by atoms with E-state index in [0.29, 0.717) is 5.92 Å². The molecule has 0 amide bonds. The molecular weight excluding hydrogens is 260 g/mol. The Kier molecular flexibility index (Phi) is 4.20. The number of piperidine rings is 1. The molecule has 0 aliphatic carbocycles. The molecule has 110 valence electrons. The van der Waals surface area contributed by atoms with Crippen LogP contribution in [0.4, 0.5) is 5.69 Å². The van der Waals surface area contributed by atoms with Gasteiger partial charge in [0.1, 0.15) is 0 Å². The summed E-state index contributed by atoms with van der Waals surface area (Å²) in [4.78, 5) is 6.63.